The molecule has 13 heavy (non-hydrogen) atoms. The van der Waals surface area contributed by atoms with Gasteiger partial charge in [0.2, 0.25) is 0 Å². The molecule has 5 nitrogen and oxygen atoms in total. The van der Waals surface area contributed by atoms with Crippen LogP contribution in [0.5, 0.6) is 0 Å². The predicted molar refractivity (Wildman–Crippen MR) is 46.2 cm³/mol. The third kappa shape index (κ3) is 3.71. The van der Waals surface area contributed by atoms with Gasteiger partial charge in [-0.3, -0.25) is 4.79 Å². The number of amides is 1. The van der Waals surface area contributed by atoms with Crippen molar-refractivity contribution in [1.82, 2.24) is 5.16 Å². The lowest BCUT2D eigenvalue weighted by Crippen LogP contribution is -2.20. The van der Waals surface area contributed by atoms with Crippen molar-refractivity contribution >= 4 is 11.7 Å². The van der Waals surface area contributed by atoms with Crippen molar-refractivity contribution in [3.8, 4) is 0 Å². The molecule has 0 fully saturated rings. The third-order valence-electron chi connectivity index (χ3n) is 1.25. The number of aromatic nitrogens is 1. The second-order valence-electron chi connectivity index (χ2n) is 2.79. The molecule has 1 aromatic rings. The minimum atomic E-state index is -0.234. The maximum absolute atomic E-state index is 11.1. The van der Waals surface area contributed by atoms with Gasteiger partial charge in [0.25, 0.3) is 5.91 Å². The smallest absolute Gasteiger partial charge is 0.251 e. The molecule has 1 heterocycles. The second kappa shape index (κ2) is 4.61. The molecule has 0 saturated heterocycles. The van der Waals surface area contributed by atoms with Crippen LogP contribution in [0, 0.1) is 0 Å². The Labute approximate surface area is 76.0 Å². The van der Waals surface area contributed by atoms with Gasteiger partial charge in [0.1, 0.15) is 12.9 Å². The first-order valence-corrected chi connectivity index (χ1v) is 4.00. The Morgan fingerprint density at radius 1 is 1.77 bits per heavy atom. The molecule has 72 valence electrons. The monoisotopic (exact) mass is 184 g/mol. The van der Waals surface area contributed by atoms with E-state index in [4.69, 9.17) is 4.74 Å². The van der Waals surface area contributed by atoms with E-state index < -0.39 is 0 Å². The summed E-state index contributed by atoms with van der Waals surface area (Å²) in [7, 11) is 0. The molecule has 0 saturated carbocycles. The molecule has 0 aliphatic heterocycles. The summed E-state index contributed by atoms with van der Waals surface area (Å²) in [6.07, 6.45) is 1.43. The minimum Gasteiger partial charge on any atom is -0.369 e. The van der Waals surface area contributed by atoms with Crippen molar-refractivity contribution in [2.75, 3.05) is 11.9 Å². The van der Waals surface area contributed by atoms with Crippen molar-refractivity contribution in [3.63, 3.8) is 0 Å². The van der Waals surface area contributed by atoms with Crippen LogP contribution in [0.2, 0.25) is 0 Å². The molecular weight excluding hydrogens is 172 g/mol. The summed E-state index contributed by atoms with van der Waals surface area (Å²) in [5, 5.41) is 6.03. The van der Waals surface area contributed by atoms with E-state index in [9.17, 15) is 4.79 Å². The van der Waals surface area contributed by atoms with E-state index >= 15 is 0 Å². The summed E-state index contributed by atoms with van der Waals surface area (Å²) in [5.74, 6) is 0.167. The zero-order valence-electron chi connectivity index (χ0n) is 7.61. The number of hydrogen-bond donors (Lipinski definition) is 1. The Bertz CT molecular complexity index is 256. The average Bonchev–Trinajstić information content (AvgIpc) is 2.53. The van der Waals surface area contributed by atoms with Crippen molar-refractivity contribution in [3.05, 3.63) is 12.3 Å². The van der Waals surface area contributed by atoms with Crippen molar-refractivity contribution in [2.45, 2.75) is 20.0 Å². The molecule has 0 unspecified atom stereocenters. The van der Waals surface area contributed by atoms with Crippen molar-refractivity contribution < 1.29 is 14.1 Å². The Kier molecular flexibility index (Phi) is 3.45. The number of hydrogen-bond acceptors (Lipinski definition) is 4. The molecule has 0 aliphatic carbocycles. The quantitative estimate of drug-likeness (QED) is 0.759. The highest BCUT2D eigenvalue weighted by atomic mass is 16.5. The number of carbonyl (C=O) groups excluding carboxylic acids is 1. The van der Waals surface area contributed by atoms with Gasteiger partial charge in [0.15, 0.2) is 5.82 Å². The molecule has 1 N–H and O–H groups in total. The molecule has 0 aromatic carbocycles. The number of anilines is 1. The van der Waals surface area contributed by atoms with Crippen LogP contribution in [0.3, 0.4) is 0 Å². The van der Waals surface area contributed by atoms with Crippen LogP contribution < -0.4 is 5.32 Å². The summed E-state index contributed by atoms with van der Waals surface area (Å²) in [4.78, 5) is 11.1. The van der Waals surface area contributed by atoms with Crippen LogP contribution in [-0.2, 0) is 9.53 Å². The lowest BCUT2D eigenvalue weighted by molar-refractivity contribution is -0.122. The molecule has 0 radical (unpaired) electrons. The van der Waals surface area contributed by atoms with Crippen LogP contribution in [0.25, 0.3) is 0 Å². The Balaban J connectivity index is 2.26. The van der Waals surface area contributed by atoms with Crippen molar-refractivity contribution in [2.24, 2.45) is 0 Å². The van der Waals surface area contributed by atoms with E-state index in [1.54, 1.807) is 6.07 Å². The highest BCUT2D eigenvalue weighted by molar-refractivity contribution is 5.90. The van der Waals surface area contributed by atoms with E-state index in [0.29, 0.717) is 5.82 Å². The van der Waals surface area contributed by atoms with Crippen LogP contribution in [-0.4, -0.2) is 23.8 Å². The summed E-state index contributed by atoms with van der Waals surface area (Å²) < 4.78 is 9.62. The predicted octanol–water partition coefficient (Wildman–Crippen LogP) is 1.04. The molecule has 1 rings (SSSR count). The number of nitrogens with zero attached hydrogens (tertiary/aromatic N) is 1. The van der Waals surface area contributed by atoms with E-state index in [2.05, 4.69) is 15.0 Å². The van der Waals surface area contributed by atoms with Crippen LogP contribution in [0.4, 0.5) is 5.82 Å². The largest absolute Gasteiger partial charge is 0.369 e. The summed E-state index contributed by atoms with van der Waals surface area (Å²) >= 11 is 0. The number of nitrogens with one attached hydrogen (secondary N) is 1. The third-order valence-corrected chi connectivity index (χ3v) is 1.25. The normalized spacial score (nSPS) is 10.4. The van der Waals surface area contributed by atoms with E-state index in [1.165, 1.54) is 6.26 Å². The maximum Gasteiger partial charge on any atom is 0.251 e. The van der Waals surface area contributed by atoms with Gasteiger partial charge in [-0.25, -0.2) is 0 Å². The Hall–Kier alpha value is -1.36. The fourth-order valence-electron chi connectivity index (χ4n) is 0.698. The van der Waals surface area contributed by atoms with Gasteiger partial charge in [-0.05, 0) is 13.8 Å². The molecule has 5 heteroatoms. The van der Waals surface area contributed by atoms with E-state index in [0.717, 1.165) is 0 Å². The van der Waals surface area contributed by atoms with Gasteiger partial charge in [-0.1, -0.05) is 5.16 Å². The molecule has 1 aromatic heterocycles. The topological polar surface area (TPSA) is 64.4 Å². The van der Waals surface area contributed by atoms with Crippen LogP contribution in [0.1, 0.15) is 13.8 Å². The molecule has 0 atom stereocenters. The SMILES string of the molecule is CC(C)OCC(=O)Nc1ccon1. The number of rotatable bonds is 4. The molecule has 0 aliphatic rings. The molecule has 1 amide bonds. The highest BCUT2D eigenvalue weighted by Gasteiger charge is 2.04. The first-order valence-electron chi connectivity index (χ1n) is 4.00. The van der Waals surface area contributed by atoms with Crippen LogP contribution in [0.15, 0.2) is 16.9 Å². The van der Waals surface area contributed by atoms with E-state index in [1.807, 2.05) is 13.8 Å². The Morgan fingerprint density at radius 3 is 3.08 bits per heavy atom. The first kappa shape index (κ1) is 9.73. The standard InChI is InChI=1S/C8H12N2O3/c1-6(2)12-5-8(11)9-7-3-4-13-10-7/h3-4,6H,5H2,1-2H3,(H,9,10,11). The minimum absolute atomic E-state index is 0.0323. The average molecular weight is 184 g/mol. The second-order valence-corrected chi connectivity index (χ2v) is 2.79. The zero-order chi connectivity index (χ0) is 9.68. The van der Waals surface area contributed by atoms with Crippen molar-refractivity contribution in [1.29, 1.82) is 0 Å². The van der Waals surface area contributed by atoms with Gasteiger partial charge in [-0.2, -0.15) is 0 Å². The van der Waals surface area contributed by atoms with Gasteiger partial charge >= 0.3 is 0 Å². The molecule has 0 bridgehead atoms. The van der Waals surface area contributed by atoms with Gasteiger partial charge in [0, 0.05) is 6.07 Å². The maximum atomic E-state index is 11.1. The number of ether oxygens (including phenoxy) is 1. The van der Waals surface area contributed by atoms with Crippen LogP contribution >= 0.6 is 0 Å². The lowest BCUT2D eigenvalue weighted by atomic mass is 10.5. The first-order chi connectivity index (χ1) is 6.18. The van der Waals surface area contributed by atoms with Gasteiger partial charge < -0.3 is 14.6 Å². The fourth-order valence-corrected chi connectivity index (χ4v) is 0.698. The van der Waals surface area contributed by atoms with Gasteiger partial charge in [0.05, 0.1) is 6.10 Å². The fraction of sp³-hybridized carbons (Fsp3) is 0.500. The zero-order valence-corrected chi connectivity index (χ0v) is 7.61. The van der Waals surface area contributed by atoms with E-state index in [-0.39, 0.29) is 18.6 Å². The van der Waals surface area contributed by atoms with Gasteiger partial charge in [-0.15, -0.1) is 0 Å². The summed E-state index contributed by atoms with van der Waals surface area (Å²) in [6, 6.07) is 1.56. The number of carbonyl (C=O) groups is 1. The highest BCUT2D eigenvalue weighted by Crippen LogP contribution is 2.00. The lowest BCUT2D eigenvalue weighted by Gasteiger charge is -2.05. The summed E-state index contributed by atoms with van der Waals surface area (Å²) in [6.45, 7) is 3.76. The summed E-state index contributed by atoms with van der Waals surface area (Å²) in [5.41, 5.74) is 0. The Morgan fingerprint density at radius 2 is 2.54 bits per heavy atom. The molecular formula is C8H12N2O3. The molecule has 0 spiro atoms.